The SMILES string of the molecule is c1ccc(-c2cc(C3=NC(c4cc5ccccc5c5c(-c6ccccc6)cc(-c6ccccc6)nc45)=NC(c4ccccc4)N3)cc(-c3ccccc3)c2)cc1. The van der Waals surface area contributed by atoms with Gasteiger partial charge in [-0.3, -0.25) is 0 Å². The highest BCUT2D eigenvalue weighted by Gasteiger charge is 2.25. The average molecular weight is 717 g/mol. The summed E-state index contributed by atoms with van der Waals surface area (Å²) >= 11 is 0. The minimum Gasteiger partial charge on any atom is -0.344 e. The summed E-state index contributed by atoms with van der Waals surface area (Å²) in [7, 11) is 0. The summed E-state index contributed by atoms with van der Waals surface area (Å²) < 4.78 is 0. The van der Waals surface area contributed by atoms with Crippen molar-refractivity contribution in [1.29, 1.82) is 0 Å². The Labute approximate surface area is 326 Å². The molecule has 0 amide bonds. The van der Waals surface area contributed by atoms with E-state index in [1.165, 1.54) is 0 Å². The largest absolute Gasteiger partial charge is 0.344 e. The van der Waals surface area contributed by atoms with Crippen LogP contribution < -0.4 is 5.32 Å². The number of benzene rings is 8. The lowest BCUT2D eigenvalue weighted by atomic mass is 9.92. The van der Waals surface area contributed by atoms with Crippen molar-refractivity contribution in [1.82, 2.24) is 10.3 Å². The predicted molar refractivity (Wildman–Crippen MR) is 233 cm³/mol. The lowest BCUT2D eigenvalue weighted by Crippen LogP contribution is -2.33. The van der Waals surface area contributed by atoms with Crippen LogP contribution in [0.5, 0.6) is 0 Å². The van der Waals surface area contributed by atoms with E-state index in [2.05, 4.69) is 199 Å². The van der Waals surface area contributed by atoms with Gasteiger partial charge in [0.2, 0.25) is 0 Å². The van der Waals surface area contributed by atoms with Gasteiger partial charge in [-0.25, -0.2) is 15.0 Å². The van der Waals surface area contributed by atoms with Crippen LogP contribution in [0.4, 0.5) is 0 Å². The van der Waals surface area contributed by atoms with Crippen molar-refractivity contribution in [2.45, 2.75) is 6.17 Å². The molecular formula is C52H36N4. The fourth-order valence-electron chi connectivity index (χ4n) is 7.74. The Hall–Kier alpha value is -7.43. The summed E-state index contributed by atoms with van der Waals surface area (Å²) in [5.41, 5.74) is 12.5. The molecule has 1 unspecified atom stereocenters. The zero-order valence-corrected chi connectivity index (χ0v) is 30.5. The van der Waals surface area contributed by atoms with E-state index in [-0.39, 0.29) is 6.17 Å². The van der Waals surface area contributed by atoms with Crippen molar-refractivity contribution in [2.75, 3.05) is 0 Å². The van der Waals surface area contributed by atoms with Gasteiger partial charge in [0, 0.05) is 22.1 Å². The first-order chi connectivity index (χ1) is 27.7. The molecule has 0 bridgehead atoms. The molecule has 9 aromatic rings. The van der Waals surface area contributed by atoms with E-state index in [0.29, 0.717) is 5.84 Å². The first kappa shape index (κ1) is 33.2. The van der Waals surface area contributed by atoms with E-state index in [4.69, 9.17) is 15.0 Å². The molecule has 0 fully saturated rings. The second kappa shape index (κ2) is 14.4. The molecule has 1 aliphatic rings. The molecule has 56 heavy (non-hydrogen) atoms. The number of nitrogens with one attached hydrogen (secondary N) is 1. The van der Waals surface area contributed by atoms with Crippen LogP contribution in [0.15, 0.2) is 216 Å². The Morgan fingerprint density at radius 1 is 0.411 bits per heavy atom. The van der Waals surface area contributed by atoms with E-state index >= 15 is 0 Å². The summed E-state index contributed by atoms with van der Waals surface area (Å²) in [4.78, 5) is 16.3. The summed E-state index contributed by atoms with van der Waals surface area (Å²) in [6, 6.07) is 72.3. The predicted octanol–water partition coefficient (Wildman–Crippen LogP) is 12.6. The van der Waals surface area contributed by atoms with Gasteiger partial charge >= 0.3 is 0 Å². The molecule has 4 heteroatoms. The minimum atomic E-state index is -0.383. The lowest BCUT2D eigenvalue weighted by molar-refractivity contribution is 0.674. The van der Waals surface area contributed by atoms with Crippen LogP contribution in [0, 0.1) is 0 Å². The maximum Gasteiger partial charge on any atom is 0.161 e. The molecule has 1 atom stereocenters. The number of fused-ring (bicyclic) bond motifs is 3. The molecule has 1 aliphatic heterocycles. The van der Waals surface area contributed by atoms with Crippen LogP contribution >= 0.6 is 0 Å². The van der Waals surface area contributed by atoms with E-state index in [1.54, 1.807) is 0 Å². The third-order valence-corrected chi connectivity index (χ3v) is 10.5. The third-order valence-electron chi connectivity index (χ3n) is 10.5. The standard InChI is InChI=1S/C52H36N4/c1-6-18-35(19-7-1)41-30-42(36-20-8-2-9-21-36)32-43(31-41)51-54-50(39-26-14-5-15-27-39)55-52(56-51)46-33-40-28-16-17-29-44(40)48-45(37-22-10-3-11-23-37)34-47(53-49(46)48)38-24-12-4-13-25-38/h1-34,50H,(H,54,55,56). The molecule has 2 heterocycles. The summed E-state index contributed by atoms with van der Waals surface area (Å²) in [6.45, 7) is 0. The molecule has 1 aromatic heterocycles. The number of nitrogens with zero attached hydrogens (tertiary/aromatic N) is 3. The third kappa shape index (κ3) is 6.33. The van der Waals surface area contributed by atoms with E-state index < -0.39 is 0 Å². The minimum absolute atomic E-state index is 0.383. The molecule has 0 saturated carbocycles. The molecular weight excluding hydrogens is 681 g/mol. The molecule has 1 N–H and O–H groups in total. The number of pyridine rings is 1. The summed E-state index contributed by atoms with van der Waals surface area (Å²) in [6.07, 6.45) is -0.383. The van der Waals surface area contributed by atoms with Crippen LogP contribution in [-0.2, 0) is 0 Å². The Morgan fingerprint density at radius 2 is 0.929 bits per heavy atom. The number of aliphatic imine (C=N–C) groups is 2. The van der Waals surface area contributed by atoms with E-state index in [1.807, 2.05) is 12.1 Å². The highest BCUT2D eigenvalue weighted by Crippen LogP contribution is 2.39. The van der Waals surface area contributed by atoms with Crippen LogP contribution in [0.2, 0.25) is 0 Å². The van der Waals surface area contributed by atoms with Gasteiger partial charge in [0.1, 0.15) is 12.0 Å². The molecule has 10 rings (SSSR count). The van der Waals surface area contributed by atoms with Gasteiger partial charge in [-0.05, 0) is 80.0 Å². The molecule has 8 aromatic carbocycles. The molecule has 0 radical (unpaired) electrons. The maximum atomic E-state index is 5.49. The second-order valence-electron chi connectivity index (χ2n) is 14.1. The number of amidine groups is 2. The molecule has 264 valence electrons. The Balaban J connectivity index is 1.25. The molecule has 4 nitrogen and oxygen atoms in total. The zero-order valence-electron chi connectivity index (χ0n) is 30.5. The van der Waals surface area contributed by atoms with Gasteiger partial charge in [-0.15, -0.1) is 0 Å². The molecule has 0 spiro atoms. The molecule has 0 saturated heterocycles. The number of hydrogen-bond acceptors (Lipinski definition) is 4. The van der Waals surface area contributed by atoms with Crippen LogP contribution in [-0.4, -0.2) is 16.7 Å². The normalized spacial score (nSPS) is 13.9. The quantitative estimate of drug-likeness (QED) is 0.167. The van der Waals surface area contributed by atoms with Gasteiger partial charge < -0.3 is 5.32 Å². The van der Waals surface area contributed by atoms with Gasteiger partial charge in [0.25, 0.3) is 0 Å². The Bertz CT molecular complexity index is 2850. The highest BCUT2D eigenvalue weighted by atomic mass is 15.2. The first-order valence-electron chi connectivity index (χ1n) is 19.0. The summed E-state index contributed by atoms with van der Waals surface area (Å²) in [5.74, 6) is 1.38. The zero-order chi connectivity index (χ0) is 37.3. The fourth-order valence-corrected chi connectivity index (χ4v) is 7.74. The summed E-state index contributed by atoms with van der Waals surface area (Å²) in [5, 5.41) is 7.07. The van der Waals surface area contributed by atoms with Crippen molar-refractivity contribution in [3.8, 4) is 44.6 Å². The average Bonchev–Trinajstić information content (AvgIpc) is 3.29. The van der Waals surface area contributed by atoms with E-state index in [9.17, 15) is 0 Å². The highest BCUT2D eigenvalue weighted by molar-refractivity contribution is 6.24. The fraction of sp³-hybridized carbons (Fsp3) is 0.0192. The van der Waals surface area contributed by atoms with Crippen molar-refractivity contribution in [3.63, 3.8) is 0 Å². The lowest BCUT2D eigenvalue weighted by Gasteiger charge is -2.25. The second-order valence-corrected chi connectivity index (χ2v) is 14.1. The van der Waals surface area contributed by atoms with E-state index in [0.717, 1.165) is 88.8 Å². The number of hydrogen-bond donors (Lipinski definition) is 1. The van der Waals surface area contributed by atoms with Gasteiger partial charge in [-0.2, -0.15) is 0 Å². The Morgan fingerprint density at radius 3 is 1.55 bits per heavy atom. The van der Waals surface area contributed by atoms with Gasteiger partial charge in [0.05, 0.1) is 11.2 Å². The van der Waals surface area contributed by atoms with Gasteiger partial charge in [0.15, 0.2) is 5.84 Å². The van der Waals surface area contributed by atoms with Crippen LogP contribution in [0.1, 0.15) is 22.9 Å². The monoisotopic (exact) mass is 716 g/mol. The van der Waals surface area contributed by atoms with Gasteiger partial charge in [-0.1, -0.05) is 176 Å². The van der Waals surface area contributed by atoms with Crippen molar-refractivity contribution >= 4 is 33.3 Å². The van der Waals surface area contributed by atoms with Crippen molar-refractivity contribution < 1.29 is 0 Å². The maximum absolute atomic E-state index is 5.49. The topological polar surface area (TPSA) is 49.6 Å². The van der Waals surface area contributed by atoms with Crippen molar-refractivity contribution in [2.24, 2.45) is 9.98 Å². The number of rotatable bonds is 7. The first-order valence-corrected chi connectivity index (χ1v) is 19.0. The van der Waals surface area contributed by atoms with Crippen LogP contribution in [0.3, 0.4) is 0 Å². The van der Waals surface area contributed by atoms with Crippen LogP contribution in [0.25, 0.3) is 66.3 Å². The number of aromatic nitrogens is 1. The van der Waals surface area contributed by atoms with Crippen molar-refractivity contribution in [3.05, 3.63) is 223 Å². The smallest absolute Gasteiger partial charge is 0.161 e. The Kier molecular flexibility index (Phi) is 8.54. The molecule has 0 aliphatic carbocycles.